The fraction of sp³-hybridized carbons (Fsp3) is 0.333. The molecule has 1 aromatic rings. The van der Waals surface area contributed by atoms with Crippen LogP contribution in [0, 0.1) is 12.0 Å². The summed E-state index contributed by atoms with van der Waals surface area (Å²) in [5.74, 6) is 2.86. The minimum absolute atomic E-state index is 0.448. The van der Waals surface area contributed by atoms with E-state index in [0.717, 1.165) is 0 Å². The van der Waals surface area contributed by atoms with Gasteiger partial charge in [0, 0.05) is 6.04 Å². The van der Waals surface area contributed by atoms with Crippen LogP contribution >= 0.6 is 0 Å². The van der Waals surface area contributed by atoms with E-state index in [4.69, 9.17) is 0 Å². The Morgan fingerprint density at radius 2 is 2.23 bits per heavy atom. The van der Waals surface area contributed by atoms with Crippen LogP contribution in [0.1, 0.15) is 30.5 Å². The van der Waals surface area contributed by atoms with Crippen LogP contribution < -0.4 is 5.32 Å². The molecule has 1 aliphatic carbocycles. The smallest absolute Gasteiger partial charge is 0.0595 e. The molecule has 13 heavy (non-hydrogen) atoms. The van der Waals surface area contributed by atoms with Crippen molar-refractivity contribution < 1.29 is 0 Å². The number of hydrogen-bond acceptors (Lipinski definition) is 1. The van der Waals surface area contributed by atoms with E-state index in [1.807, 2.05) is 6.92 Å². The first-order valence-corrected chi connectivity index (χ1v) is 4.67. The number of benzene rings is 1. The maximum Gasteiger partial charge on any atom is 0.0595 e. The quantitative estimate of drug-likeness (QED) is 0.504. The lowest BCUT2D eigenvalue weighted by atomic mass is 10.1. The molecular formula is C12H13N. The summed E-state index contributed by atoms with van der Waals surface area (Å²) >= 11 is 0. The third-order valence-electron chi connectivity index (χ3n) is 2.50. The SMILES string of the molecule is CC#CN[C@@H]1CCc2ccccc21. The molecule has 0 radical (unpaired) electrons. The molecule has 1 N–H and O–H groups in total. The fourth-order valence-corrected chi connectivity index (χ4v) is 1.87. The van der Waals surface area contributed by atoms with Gasteiger partial charge in [-0.1, -0.05) is 30.2 Å². The standard InChI is InChI=1S/C12H13N/c1-2-9-13-12-8-7-10-5-3-4-6-11(10)12/h3-6,12-13H,7-8H2,1H3/t12-/m1/s1. The molecule has 1 nitrogen and oxygen atoms in total. The molecule has 0 bridgehead atoms. The van der Waals surface area contributed by atoms with Crippen molar-refractivity contribution >= 4 is 0 Å². The molecule has 0 heterocycles. The highest BCUT2D eigenvalue weighted by atomic mass is 14.9. The summed E-state index contributed by atoms with van der Waals surface area (Å²) in [4.78, 5) is 0. The summed E-state index contributed by atoms with van der Waals surface area (Å²) in [5.41, 5.74) is 2.89. The van der Waals surface area contributed by atoms with Crippen molar-refractivity contribution in [1.82, 2.24) is 5.32 Å². The number of nitrogens with one attached hydrogen (secondary N) is 1. The van der Waals surface area contributed by atoms with E-state index in [1.165, 1.54) is 24.0 Å². The van der Waals surface area contributed by atoms with Gasteiger partial charge in [0.15, 0.2) is 0 Å². The van der Waals surface area contributed by atoms with Crippen LogP contribution in [0.15, 0.2) is 24.3 Å². The Bertz CT molecular complexity index is 357. The lowest BCUT2D eigenvalue weighted by molar-refractivity contribution is 0.630. The Morgan fingerprint density at radius 1 is 1.38 bits per heavy atom. The minimum atomic E-state index is 0.448. The summed E-state index contributed by atoms with van der Waals surface area (Å²) < 4.78 is 0. The zero-order chi connectivity index (χ0) is 9.10. The van der Waals surface area contributed by atoms with E-state index in [-0.39, 0.29) is 0 Å². The lowest BCUT2D eigenvalue weighted by Gasteiger charge is -2.08. The molecule has 0 saturated heterocycles. The van der Waals surface area contributed by atoms with Crippen LogP contribution in [-0.4, -0.2) is 0 Å². The van der Waals surface area contributed by atoms with Crippen LogP contribution in [0.3, 0.4) is 0 Å². The molecule has 0 aromatic heterocycles. The van der Waals surface area contributed by atoms with Crippen molar-refractivity contribution in [1.29, 1.82) is 0 Å². The van der Waals surface area contributed by atoms with Gasteiger partial charge in [0.05, 0.1) is 6.04 Å². The third kappa shape index (κ3) is 1.53. The predicted octanol–water partition coefficient (Wildman–Crippen LogP) is 2.24. The summed E-state index contributed by atoms with van der Waals surface area (Å²) in [6.07, 6.45) is 2.35. The second kappa shape index (κ2) is 3.53. The largest absolute Gasteiger partial charge is 0.338 e. The Kier molecular flexibility index (Phi) is 2.23. The van der Waals surface area contributed by atoms with Crippen LogP contribution in [0.25, 0.3) is 0 Å². The first-order valence-electron chi connectivity index (χ1n) is 4.67. The summed E-state index contributed by atoms with van der Waals surface area (Å²) in [6.45, 7) is 1.86. The van der Waals surface area contributed by atoms with Crippen LogP contribution in [-0.2, 0) is 6.42 Å². The van der Waals surface area contributed by atoms with Crippen molar-refractivity contribution in [3.8, 4) is 12.0 Å². The van der Waals surface area contributed by atoms with E-state index in [1.54, 1.807) is 0 Å². The normalized spacial score (nSPS) is 18.7. The molecule has 2 rings (SSSR count). The van der Waals surface area contributed by atoms with Crippen LogP contribution in [0.4, 0.5) is 0 Å². The topological polar surface area (TPSA) is 12.0 Å². The van der Waals surface area contributed by atoms with E-state index < -0.39 is 0 Å². The van der Waals surface area contributed by atoms with Crippen molar-refractivity contribution in [2.45, 2.75) is 25.8 Å². The van der Waals surface area contributed by atoms with Crippen molar-refractivity contribution in [2.24, 2.45) is 0 Å². The molecular weight excluding hydrogens is 158 g/mol. The monoisotopic (exact) mass is 171 g/mol. The fourth-order valence-electron chi connectivity index (χ4n) is 1.87. The van der Waals surface area contributed by atoms with E-state index >= 15 is 0 Å². The van der Waals surface area contributed by atoms with Gasteiger partial charge >= 0.3 is 0 Å². The number of hydrogen-bond donors (Lipinski definition) is 1. The highest BCUT2D eigenvalue weighted by Gasteiger charge is 2.20. The predicted molar refractivity (Wildman–Crippen MR) is 54.1 cm³/mol. The summed E-state index contributed by atoms with van der Waals surface area (Å²) in [7, 11) is 0. The Hall–Kier alpha value is -1.42. The van der Waals surface area contributed by atoms with Gasteiger partial charge in [0.1, 0.15) is 0 Å². The Balaban J connectivity index is 2.21. The van der Waals surface area contributed by atoms with Gasteiger partial charge < -0.3 is 5.32 Å². The highest BCUT2D eigenvalue weighted by molar-refractivity contribution is 5.34. The van der Waals surface area contributed by atoms with Crippen molar-refractivity contribution in [3.05, 3.63) is 35.4 Å². The molecule has 0 spiro atoms. The maximum absolute atomic E-state index is 3.23. The molecule has 1 atom stereocenters. The maximum atomic E-state index is 3.23. The second-order valence-corrected chi connectivity index (χ2v) is 3.31. The number of fused-ring (bicyclic) bond motifs is 1. The van der Waals surface area contributed by atoms with Gasteiger partial charge in [-0.25, -0.2) is 0 Å². The Labute approximate surface area is 79.2 Å². The summed E-state index contributed by atoms with van der Waals surface area (Å²) in [6, 6.07) is 12.0. The van der Waals surface area contributed by atoms with E-state index in [0.29, 0.717) is 6.04 Å². The minimum Gasteiger partial charge on any atom is -0.338 e. The first kappa shape index (κ1) is 8.19. The highest BCUT2D eigenvalue weighted by Crippen LogP contribution is 2.30. The van der Waals surface area contributed by atoms with Gasteiger partial charge in [0.2, 0.25) is 0 Å². The molecule has 0 unspecified atom stereocenters. The average Bonchev–Trinajstić information content (AvgIpc) is 2.58. The van der Waals surface area contributed by atoms with Crippen molar-refractivity contribution in [2.75, 3.05) is 0 Å². The second-order valence-electron chi connectivity index (χ2n) is 3.31. The number of aryl methyl sites for hydroxylation is 1. The Morgan fingerprint density at radius 3 is 3.08 bits per heavy atom. The lowest BCUT2D eigenvalue weighted by Crippen LogP contribution is -2.12. The van der Waals surface area contributed by atoms with Gasteiger partial charge in [-0.3, -0.25) is 0 Å². The molecule has 0 aliphatic heterocycles. The molecule has 1 aromatic carbocycles. The number of rotatable bonds is 1. The molecule has 0 fully saturated rings. The molecule has 66 valence electrons. The molecule has 1 heteroatoms. The van der Waals surface area contributed by atoms with E-state index in [9.17, 15) is 0 Å². The van der Waals surface area contributed by atoms with Crippen LogP contribution in [0.2, 0.25) is 0 Å². The summed E-state index contributed by atoms with van der Waals surface area (Å²) in [5, 5.41) is 3.23. The van der Waals surface area contributed by atoms with Gasteiger partial charge in [-0.05, 0) is 30.9 Å². The first-order chi connectivity index (χ1) is 6.42. The molecule has 0 amide bonds. The van der Waals surface area contributed by atoms with Gasteiger partial charge in [-0.15, -0.1) is 0 Å². The van der Waals surface area contributed by atoms with Gasteiger partial charge in [0.25, 0.3) is 0 Å². The van der Waals surface area contributed by atoms with Crippen molar-refractivity contribution in [3.63, 3.8) is 0 Å². The van der Waals surface area contributed by atoms with Crippen LogP contribution in [0.5, 0.6) is 0 Å². The third-order valence-corrected chi connectivity index (χ3v) is 2.50. The van der Waals surface area contributed by atoms with E-state index in [2.05, 4.69) is 41.5 Å². The average molecular weight is 171 g/mol. The van der Waals surface area contributed by atoms with Gasteiger partial charge in [-0.2, -0.15) is 0 Å². The zero-order valence-electron chi connectivity index (χ0n) is 7.80. The zero-order valence-corrected chi connectivity index (χ0v) is 7.80. The molecule has 1 aliphatic rings. The molecule has 0 saturated carbocycles.